The molecule has 1 aliphatic rings. The fourth-order valence-electron chi connectivity index (χ4n) is 1.75. The van der Waals surface area contributed by atoms with Crippen molar-refractivity contribution in [2.24, 2.45) is 5.73 Å². The molecule has 1 aliphatic heterocycles. The molecular formula is C8H18N4O4S2. The van der Waals surface area contributed by atoms with Crippen molar-refractivity contribution in [1.29, 1.82) is 5.41 Å². The lowest BCUT2D eigenvalue weighted by Crippen LogP contribution is -2.51. The van der Waals surface area contributed by atoms with Crippen LogP contribution in [0.5, 0.6) is 0 Å². The van der Waals surface area contributed by atoms with Crippen LogP contribution in [0.3, 0.4) is 0 Å². The molecule has 1 rings (SSSR count). The van der Waals surface area contributed by atoms with Crippen molar-refractivity contribution in [1.82, 2.24) is 9.21 Å². The zero-order chi connectivity index (χ0) is 14.0. The van der Waals surface area contributed by atoms with Crippen molar-refractivity contribution in [3.8, 4) is 0 Å². The summed E-state index contributed by atoms with van der Waals surface area (Å²) < 4.78 is 46.8. The summed E-state index contributed by atoms with van der Waals surface area (Å²) in [6.45, 7) is 1.65. The second kappa shape index (κ2) is 5.51. The van der Waals surface area contributed by atoms with Crippen LogP contribution in [-0.2, 0) is 19.9 Å². The monoisotopic (exact) mass is 298 g/mol. The Hall–Kier alpha value is -0.710. The lowest BCUT2D eigenvalue weighted by atomic mass is 10.3. The van der Waals surface area contributed by atoms with Gasteiger partial charge >= 0.3 is 0 Å². The van der Waals surface area contributed by atoms with Gasteiger partial charge in [0.05, 0.1) is 6.54 Å². The molecule has 0 radical (unpaired) electrons. The van der Waals surface area contributed by atoms with Gasteiger partial charge in [-0.1, -0.05) is 0 Å². The summed E-state index contributed by atoms with van der Waals surface area (Å²) >= 11 is 0. The van der Waals surface area contributed by atoms with Gasteiger partial charge in [-0.3, -0.25) is 10.3 Å². The quantitative estimate of drug-likeness (QED) is 0.441. The molecule has 8 nitrogen and oxygen atoms in total. The summed E-state index contributed by atoms with van der Waals surface area (Å²) in [6, 6.07) is 0. The number of rotatable bonds is 5. The average Bonchev–Trinajstić information content (AvgIpc) is 2.13. The number of nitrogens with one attached hydrogen (secondary N) is 1. The third-order valence-corrected chi connectivity index (χ3v) is 6.54. The summed E-state index contributed by atoms with van der Waals surface area (Å²) in [4.78, 5) is 1.86. The Morgan fingerprint density at radius 1 is 1.17 bits per heavy atom. The topological polar surface area (TPSA) is 125 Å². The van der Waals surface area contributed by atoms with E-state index in [1.54, 1.807) is 0 Å². The molecular weight excluding hydrogens is 280 g/mol. The molecule has 1 heterocycles. The Bertz CT molecular complexity index is 505. The number of nitrogens with zero attached hydrogens (tertiary/aromatic N) is 2. The summed E-state index contributed by atoms with van der Waals surface area (Å²) in [6.07, 6.45) is 0.899. The molecule has 18 heavy (non-hydrogen) atoms. The zero-order valence-electron chi connectivity index (χ0n) is 10.2. The molecule has 0 atom stereocenters. The fraction of sp³-hybridized carbons (Fsp3) is 0.875. The number of sulfonamides is 1. The molecule has 0 amide bonds. The Morgan fingerprint density at radius 3 is 2.06 bits per heavy atom. The predicted octanol–water partition coefficient (Wildman–Crippen LogP) is -2.13. The van der Waals surface area contributed by atoms with E-state index in [-0.39, 0.29) is 18.9 Å². The SMILES string of the molecule is CS(=O)(=O)CS(=O)(=O)N1CCN(CC(=N)N)CC1. The highest BCUT2D eigenvalue weighted by Gasteiger charge is 2.29. The Morgan fingerprint density at radius 2 is 1.67 bits per heavy atom. The minimum absolute atomic E-state index is 0.0300. The van der Waals surface area contributed by atoms with Gasteiger partial charge in [-0.25, -0.2) is 16.8 Å². The third-order valence-electron chi connectivity index (χ3n) is 2.48. The molecule has 10 heteroatoms. The van der Waals surface area contributed by atoms with Crippen LogP contribution in [0, 0.1) is 5.41 Å². The highest BCUT2D eigenvalue weighted by atomic mass is 32.3. The molecule has 0 bridgehead atoms. The lowest BCUT2D eigenvalue weighted by Gasteiger charge is -2.33. The number of hydrogen-bond acceptors (Lipinski definition) is 6. The van der Waals surface area contributed by atoms with Crippen LogP contribution < -0.4 is 5.73 Å². The van der Waals surface area contributed by atoms with Crippen LogP contribution in [0.4, 0.5) is 0 Å². The first-order valence-electron chi connectivity index (χ1n) is 5.31. The van der Waals surface area contributed by atoms with Gasteiger partial charge in [-0.05, 0) is 0 Å². The Labute approximate surface area is 107 Å². The maximum atomic E-state index is 11.8. The minimum Gasteiger partial charge on any atom is -0.387 e. The first kappa shape index (κ1) is 15.3. The highest BCUT2D eigenvalue weighted by Crippen LogP contribution is 2.09. The van der Waals surface area contributed by atoms with Gasteiger partial charge in [0.2, 0.25) is 10.0 Å². The second-order valence-electron chi connectivity index (χ2n) is 4.36. The van der Waals surface area contributed by atoms with E-state index in [0.29, 0.717) is 19.6 Å². The van der Waals surface area contributed by atoms with Crippen molar-refractivity contribution in [3.05, 3.63) is 0 Å². The standard InChI is InChI=1S/C8H18N4O4S2/c1-17(13,14)7-18(15,16)12-4-2-11(3-5-12)6-8(9)10/h2-7H2,1H3,(H3,9,10). The van der Waals surface area contributed by atoms with E-state index in [1.165, 1.54) is 4.31 Å². The molecule has 0 saturated carbocycles. The number of amidine groups is 1. The molecule has 3 N–H and O–H groups in total. The number of sulfone groups is 1. The molecule has 0 aromatic carbocycles. The second-order valence-corrected chi connectivity index (χ2v) is 8.83. The fourth-order valence-corrected chi connectivity index (χ4v) is 5.23. The predicted molar refractivity (Wildman–Crippen MR) is 68.6 cm³/mol. The number of piperazine rings is 1. The van der Waals surface area contributed by atoms with E-state index >= 15 is 0 Å². The smallest absolute Gasteiger partial charge is 0.228 e. The van der Waals surface area contributed by atoms with Crippen LogP contribution in [0.25, 0.3) is 0 Å². The van der Waals surface area contributed by atoms with Crippen molar-refractivity contribution < 1.29 is 16.8 Å². The van der Waals surface area contributed by atoms with Gasteiger partial charge < -0.3 is 5.73 Å². The number of nitrogens with two attached hydrogens (primary N) is 1. The van der Waals surface area contributed by atoms with Crippen molar-refractivity contribution in [3.63, 3.8) is 0 Å². The molecule has 1 fully saturated rings. The van der Waals surface area contributed by atoms with Crippen molar-refractivity contribution >= 4 is 25.7 Å². The van der Waals surface area contributed by atoms with Gasteiger partial charge in [-0.2, -0.15) is 4.31 Å². The van der Waals surface area contributed by atoms with Crippen LogP contribution in [-0.4, -0.2) is 75.9 Å². The van der Waals surface area contributed by atoms with Gasteiger partial charge in [0, 0.05) is 32.4 Å². The largest absolute Gasteiger partial charge is 0.387 e. The third kappa shape index (κ3) is 4.88. The van der Waals surface area contributed by atoms with E-state index in [4.69, 9.17) is 11.1 Å². The van der Waals surface area contributed by atoms with E-state index in [1.807, 2.05) is 4.90 Å². The minimum atomic E-state index is -3.76. The van der Waals surface area contributed by atoms with E-state index in [9.17, 15) is 16.8 Å². The van der Waals surface area contributed by atoms with Crippen molar-refractivity contribution in [2.45, 2.75) is 0 Å². The summed E-state index contributed by atoms with van der Waals surface area (Å²) in [7, 11) is -7.32. The van der Waals surface area contributed by atoms with Crippen molar-refractivity contribution in [2.75, 3.05) is 44.1 Å². The van der Waals surface area contributed by atoms with Crippen LogP contribution in [0.1, 0.15) is 0 Å². The first-order chi connectivity index (χ1) is 8.10. The van der Waals surface area contributed by atoms with Gasteiger partial charge in [0.15, 0.2) is 14.9 Å². The molecule has 0 spiro atoms. The van der Waals surface area contributed by atoms with E-state index < -0.39 is 24.9 Å². The summed E-state index contributed by atoms with van der Waals surface area (Å²) in [5, 5.41) is 6.29. The van der Waals surface area contributed by atoms with Crippen LogP contribution in [0.15, 0.2) is 0 Å². The Balaban J connectivity index is 2.60. The molecule has 0 aliphatic carbocycles. The van der Waals surface area contributed by atoms with Gasteiger partial charge in [0.25, 0.3) is 0 Å². The molecule has 0 aromatic heterocycles. The first-order valence-corrected chi connectivity index (χ1v) is 8.98. The molecule has 1 saturated heterocycles. The molecule has 0 unspecified atom stereocenters. The van der Waals surface area contributed by atoms with E-state index in [2.05, 4.69) is 0 Å². The normalized spacial score (nSPS) is 19.8. The highest BCUT2D eigenvalue weighted by molar-refractivity contribution is 8.06. The van der Waals surface area contributed by atoms with E-state index in [0.717, 1.165) is 6.26 Å². The average molecular weight is 298 g/mol. The van der Waals surface area contributed by atoms with Crippen LogP contribution in [0.2, 0.25) is 0 Å². The Kier molecular flexibility index (Phi) is 4.70. The maximum Gasteiger partial charge on any atom is 0.228 e. The molecule has 106 valence electrons. The maximum absolute atomic E-state index is 11.8. The van der Waals surface area contributed by atoms with Crippen LogP contribution >= 0.6 is 0 Å². The summed E-state index contributed by atoms with van der Waals surface area (Å²) in [5.41, 5.74) is 5.26. The summed E-state index contributed by atoms with van der Waals surface area (Å²) in [5.74, 6) is 0.0300. The number of hydrogen-bond donors (Lipinski definition) is 2. The lowest BCUT2D eigenvalue weighted by molar-refractivity contribution is 0.209. The van der Waals surface area contributed by atoms with Gasteiger partial charge in [0.1, 0.15) is 5.84 Å². The zero-order valence-corrected chi connectivity index (χ0v) is 11.8. The molecule has 0 aromatic rings. The van der Waals surface area contributed by atoms with Gasteiger partial charge in [-0.15, -0.1) is 0 Å².